The molecule has 0 saturated carbocycles. The molecule has 0 saturated heterocycles. The summed E-state index contributed by atoms with van der Waals surface area (Å²) in [7, 11) is 0. The van der Waals surface area contributed by atoms with Crippen LogP contribution in [0.2, 0.25) is 0 Å². The molecule has 1 aromatic heterocycles. The molecule has 4 nitrogen and oxygen atoms in total. The Kier molecular flexibility index (Phi) is 5.01. The number of carbonyl (C=O) groups is 1. The Labute approximate surface area is 124 Å². The van der Waals surface area contributed by atoms with Crippen molar-refractivity contribution in [2.75, 3.05) is 12.4 Å². The van der Waals surface area contributed by atoms with E-state index >= 15 is 0 Å². The zero-order valence-electron chi connectivity index (χ0n) is 11.9. The van der Waals surface area contributed by atoms with Gasteiger partial charge in [0, 0.05) is 18.8 Å². The van der Waals surface area contributed by atoms with Gasteiger partial charge < -0.3 is 9.88 Å². The number of fused-ring (bicyclic) bond motifs is 1. The molecular weight excluding hydrogens is 274 g/mol. The van der Waals surface area contributed by atoms with E-state index in [0.717, 1.165) is 28.8 Å². The summed E-state index contributed by atoms with van der Waals surface area (Å²) < 4.78 is 1.97. The van der Waals surface area contributed by atoms with Gasteiger partial charge in [-0.25, -0.2) is 4.98 Å². The Hall–Kier alpha value is -1.55. The van der Waals surface area contributed by atoms with Crippen molar-refractivity contribution in [2.45, 2.75) is 33.2 Å². The molecule has 0 spiro atoms. The van der Waals surface area contributed by atoms with Crippen molar-refractivity contribution < 1.29 is 4.79 Å². The molecule has 0 fully saturated rings. The van der Waals surface area contributed by atoms with E-state index in [9.17, 15) is 4.79 Å². The van der Waals surface area contributed by atoms with Crippen molar-refractivity contribution in [3.05, 3.63) is 29.6 Å². The number of nitrogens with one attached hydrogen (secondary N) is 1. The van der Waals surface area contributed by atoms with Gasteiger partial charge in [-0.2, -0.15) is 0 Å². The lowest BCUT2D eigenvalue weighted by Gasteiger charge is -2.09. The molecule has 0 atom stereocenters. The molecule has 108 valence electrons. The number of amides is 1. The second-order valence-corrected chi connectivity index (χ2v) is 5.22. The molecule has 0 aliphatic rings. The van der Waals surface area contributed by atoms with Crippen LogP contribution in [0.3, 0.4) is 0 Å². The van der Waals surface area contributed by atoms with Crippen LogP contribution in [0.15, 0.2) is 18.2 Å². The highest BCUT2D eigenvalue weighted by Crippen LogP contribution is 2.20. The first kappa shape index (κ1) is 14.9. The number of benzene rings is 1. The zero-order valence-corrected chi connectivity index (χ0v) is 12.7. The Morgan fingerprint density at radius 2 is 2.25 bits per heavy atom. The number of aromatic nitrogens is 2. The lowest BCUT2D eigenvalue weighted by atomic mass is 10.2. The Bertz CT molecular complexity index is 606. The minimum atomic E-state index is 0.0171. The molecule has 2 rings (SSSR count). The second kappa shape index (κ2) is 6.75. The molecule has 20 heavy (non-hydrogen) atoms. The zero-order chi connectivity index (χ0) is 14.5. The summed E-state index contributed by atoms with van der Waals surface area (Å²) in [6.07, 6.45) is 1.60. The third-order valence-corrected chi connectivity index (χ3v) is 3.44. The predicted octanol–water partition coefficient (Wildman–Crippen LogP) is 2.65. The minimum absolute atomic E-state index is 0.0171. The highest BCUT2D eigenvalue weighted by molar-refractivity contribution is 6.17. The number of nitrogens with zero attached hydrogens (tertiary/aromatic N) is 2. The van der Waals surface area contributed by atoms with Crippen molar-refractivity contribution >= 4 is 28.5 Å². The van der Waals surface area contributed by atoms with Crippen LogP contribution in [-0.2, 0) is 17.8 Å². The molecule has 2 aromatic rings. The van der Waals surface area contributed by atoms with Gasteiger partial charge in [0.15, 0.2) is 0 Å². The number of alkyl halides is 1. The molecular formula is C15H20ClN3O. The van der Waals surface area contributed by atoms with E-state index in [1.807, 2.05) is 36.6 Å². The summed E-state index contributed by atoms with van der Waals surface area (Å²) in [6, 6.07) is 6.02. The van der Waals surface area contributed by atoms with E-state index in [2.05, 4.69) is 10.3 Å². The number of hydrogen-bond acceptors (Lipinski definition) is 2. The number of imidazole rings is 1. The number of rotatable bonds is 6. The van der Waals surface area contributed by atoms with Gasteiger partial charge in [0.05, 0.1) is 11.0 Å². The van der Waals surface area contributed by atoms with Gasteiger partial charge in [-0.15, -0.1) is 11.6 Å². The van der Waals surface area contributed by atoms with Crippen LogP contribution in [0.5, 0.6) is 0 Å². The number of aryl methyl sites for hydroxylation is 2. The van der Waals surface area contributed by atoms with E-state index in [1.165, 1.54) is 0 Å². The molecule has 5 heteroatoms. The van der Waals surface area contributed by atoms with Crippen molar-refractivity contribution in [1.82, 2.24) is 14.9 Å². The fraction of sp³-hybridized carbons (Fsp3) is 0.467. The van der Waals surface area contributed by atoms with Crippen molar-refractivity contribution in [1.29, 1.82) is 0 Å². The molecule has 0 bridgehead atoms. The van der Waals surface area contributed by atoms with Gasteiger partial charge in [-0.3, -0.25) is 4.79 Å². The summed E-state index contributed by atoms with van der Waals surface area (Å²) in [5.41, 5.74) is 3.07. The smallest absolute Gasteiger partial charge is 0.240 e. The Balaban J connectivity index is 2.36. The monoisotopic (exact) mass is 293 g/mol. The third kappa shape index (κ3) is 3.12. The lowest BCUT2D eigenvalue weighted by molar-refractivity contribution is -0.121. The maximum Gasteiger partial charge on any atom is 0.240 e. The maximum atomic E-state index is 12.0. The van der Waals surface area contributed by atoms with Crippen molar-refractivity contribution in [3.63, 3.8) is 0 Å². The van der Waals surface area contributed by atoms with Crippen molar-refractivity contribution in [2.24, 2.45) is 0 Å². The average molecular weight is 294 g/mol. The normalized spacial score (nSPS) is 10.9. The average Bonchev–Trinajstić information content (AvgIpc) is 2.77. The van der Waals surface area contributed by atoms with E-state index in [1.54, 1.807) is 0 Å². The van der Waals surface area contributed by atoms with Crippen LogP contribution in [0.1, 0.15) is 24.7 Å². The largest absolute Gasteiger partial charge is 0.355 e. The van der Waals surface area contributed by atoms with Gasteiger partial charge in [0.1, 0.15) is 12.4 Å². The summed E-state index contributed by atoms with van der Waals surface area (Å²) in [6.45, 7) is 5.07. The summed E-state index contributed by atoms with van der Waals surface area (Å²) in [5, 5.41) is 2.90. The second-order valence-electron chi connectivity index (χ2n) is 4.85. The van der Waals surface area contributed by atoms with E-state index in [0.29, 0.717) is 25.4 Å². The molecule has 0 aliphatic carbocycles. The minimum Gasteiger partial charge on any atom is -0.355 e. The highest BCUT2D eigenvalue weighted by atomic mass is 35.5. The van der Waals surface area contributed by atoms with E-state index in [4.69, 9.17) is 11.6 Å². The van der Waals surface area contributed by atoms with Crippen LogP contribution < -0.4 is 5.32 Å². The molecule has 1 N–H and O–H groups in total. The first-order valence-corrected chi connectivity index (χ1v) is 7.48. The van der Waals surface area contributed by atoms with Gasteiger partial charge in [0.2, 0.25) is 5.91 Å². The first-order valence-electron chi connectivity index (χ1n) is 6.94. The van der Waals surface area contributed by atoms with Crippen LogP contribution >= 0.6 is 11.6 Å². The summed E-state index contributed by atoms with van der Waals surface area (Å²) >= 11 is 5.84. The van der Waals surface area contributed by atoms with E-state index < -0.39 is 0 Å². The molecule has 0 aliphatic heterocycles. The van der Waals surface area contributed by atoms with Crippen LogP contribution in [-0.4, -0.2) is 27.9 Å². The maximum absolute atomic E-state index is 12.0. The fourth-order valence-electron chi connectivity index (χ4n) is 2.25. The topological polar surface area (TPSA) is 46.9 Å². The van der Waals surface area contributed by atoms with Gasteiger partial charge in [-0.1, -0.05) is 19.1 Å². The Morgan fingerprint density at radius 3 is 2.95 bits per heavy atom. The summed E-state index contributed by atoms with van der Waals surface area (Å²) in [5.74, 6) is 1.39. The quantitative estimate of drug-likeness (QED) is 0.832. The van der Waals surface area contributed by atoms with Crippen LogP contribution in [0.25, 0.3) is 11.0 Å². The standard InChI is InChI=1S/C15H20ClN3O/c1-3-9-17-14(20)10-19-12-6-4-5-11(2)15(12)18-13(19)7-8-16/h4-6H,3,7-10H2,1-2H3,(H,17,20). The highest BCUT2D eigenvalue weighted by Gasteiger charge is 2.14. The molecule has 1 aromatic carbocycles. The summed E-state index contributed by atoms with van der Waals surface area (Å²) in [4.78, 5) is 16.6. The molecule has 1 heterocycles. The molecule has 0 radical (unpaired) electrons. The van der Waals surface area contributed by atoms with Gasteiger partial charge in [-0.05, 0) is 25.0 Å². The third-order valence-electron chi connectivity index (χ3n) is 3.25. The van der Waals surface area contributed by atoms with Crippen LogP contribution in [0.4, 0.5) is 0 Å². The number of para-hydroxylation sites is 1. The van der Waals surface area contributed by atoms with Gasteiger partial charge >= 0.3 is 0 Å². The predicted molar refractivity (Wildman–Crippen MR) is 82.2 cm³/mol. The first-order chi connectivity index (χ1) is 9.67. The van der Waals surface area contributed by atoms with Gasteiger partial charge in [0.25, 0.3) is 0 Å². The van der Waals surface area contributed by atoms with Crippen LogP contribution in [0, 0.1) is 6.92 Å². The van der Waals surface area contributed by atoms with Crippen molar-refractivity contribution in [3.8, 4) is 0 Å². The Morgan fingerprint density at radius 1 is 1.45 bits per heavy atom. The molecule has 0 unspecified atom stereocenters. The number of carbonyl (C=O) groups excluding carboxylic acids is 1. The fourth-order valence-corrected chi connectivity index (χ4v) is 2.42. The lowest BCUT2D eigenvalue weighted by Crippen LogP contribution is -2.28. The molecule has 1 amide bonds. The SMILES string of the molecule is CCCNC(=O)Cn1c(CCCl)nc2c(C)cccc21. The van der Waals surface area contributed by atoms with E-state index in [-0.39, 0.29) is 5.91 Å². The number of halogens is 1. The number of hydrogen-bond donors (Lipinski definition) is 1.